The number of nitrogens with zero attached hydrogens (tertiary/aromatic N) is 1. The maximum absolute atomic E-state index is 12.2. The predicted molar refractivity (Wildman–Crippen MR) is 45.8 cm³/mol. The normalized spacial score (nSPS) is 15.1. The summed E-state index contributed by atoms with van der Waals surface area (Å²) in [6.45, 7) is -0.127. The molecule has 0 fully saturated rings. The number of amides is 1. The molecule has 0 atom stereocenters. The van der Waals surface area contributed by atoms with Crippen LogP contribution in [0.4, 0.5) is 13.2 Å². The lowest BCUT2D eigenvalue weighted by atomic mass is 10.4. The summed E-state index contributed by atoms with van der Waals surface area (Å²) in [5.41, 5.74) is 0. The molecule has 78 valence electrons. The van der Waals surface area contributed by atoms with Gasteiger partial charge in [0, 0.05) is 12.2 Å². The van der Waals surface area contributed by atoms with Crippen LogP contribution in [0, 0.1) is 0 Å². The maximum atomic E-state index is 12.2. The fraction of sp³-hybridized carbons (Fsp3) is 0.429. The van der Waals surface area contributed by atoms with Crippen molar-refractivity contribution in [3.63, 3.8) is 0 Å². The molecule has 1 amide bonds. The van der Waals surface area contributed by atoms with E-state index in [0.717, 1.165) is 11.8 Å². The number of thioether (sulfide) groups is 1. The number of carbonyl (C=O) groups is 1. The second kappa shape index (κ2) is 5.04. The molecule has 0 radical (unpaired) electrons. The molecule has 14 heavy (non-hydrogen) atoms. The lowest BCUT2D eigenvalue weighted by Crippen LogP contribution is -1.96. The first-order valence-electron chi connectivity index (χ1n) is 3.66. The van der Waals surface area contributed by atoms with E-state index >= 15 is 0 Å². The molecule has 0 unspecified atom stereocenters. The first-order chi connectivity index (χ1) is 6.59. The van der Waals surface area contributed by atoms with E-state index in [-0.39, 0.29) is 17.6 Å². The van der Waals surface area contributed by atoms with Crippen molar-refractivity contribution in [2.24, 2.45) is 4.99 Å². The van der Waals surface area contributed by atoms with Gasteiger partial charge in [0.05, 0.1) is 0 Å². The van der Waals surface area contributed by atoms with Gasteiger partial charge in [0.2, 0.25) is 0 Å². The van der Waals surface area contributed by atoms with Crippen molar-refractivity contribution in [1.82, 2.24) is 0 Å². The molecule has 0 aromatic rings. The zero-order valence-corrected chi connectivity index (χ0v) is 7.74. The Balaban J connectivity index is 2.26. The third kappa shape index (κ3) is 3.41. The molecule has 0 saturated heterocycles. The summed E-state index contributed by atoms with van der Waals surface area (Å²) in [4.78, 5) is 14.0. The first kappa shape index (κ1) is 11.1. The second-order valence-corrected chi connectivity index (χ2v) is 3.37. The fourth-order valence-electron chi connectivity index (χ4n) is 0.686. The molecule has 0 spiro atoms. The van der Waals surface area contributed by atoms with Gasteiger partial charge in [-0.15, -0.1) is 0 Å². The third-order valence-electron chi connectivity index (χ3n) is 1.29. The van der Waals surface area contributed by atoms with Crippen LogP contribution in [0.2, 0.25) is 0 Å². The monoisotopic (exact) mass is 225 g/mol. The molecular formula is C7H6F3NO2S. The van der Waals surface area contributed by atoms with E-state index < -0.39 is 24.2 Å². The standard InChI is InChI=1S/C7H6F3NO2S/c8-4(6(9)10)1-2-14-7-11-5(12)3-13-7/h1-3H2. The number of hydrogen-bond donors (Lipinski definition) is 0. The third-order valence-corrected chi connectivity index (χ3v) is 2.15. The van der Waals surface area contributed by atoms with Gasteiger partial charge in [0.1, 0.15) is 0 Å². The highest BCUT2D eigenvalue weighted by atomic mass is 32.2. The smallest absolute Gasteiger partial charge is 0.301 e. The number of hydrogen-bond acceptors (Lipinski definition) is 3. The van der Waals surface area contributed by atoms with Crippen molar-refractivity contribution < 1.29 is 22.7 Å². The number of ether oxygens (including phenoxy) is 1. The van der Waals surface area contributed by atoms with Gasteiger partial charge in [-0.3, -0.25) is 4.79 Å². The molecule has 1 aliphatic rings. The Hall–Kier alpha value is -0.980. The zero-order chi connectivity index (χ0) is 10.6. The van der Waals surface area contributed by atoms with Crippen LogP contribution < -0.4 is 0 Å². The Morgan fingerprint density at radius 2 is 2.21 bits per heavy atom. The van der Waals surface area contributed by atoms with Crippen molar-refractivity contribution in [2.45, 2.75) is 6.42 Å². The average molecular weight is 225 g/mol. The van der Waals surface area contributed by atoms with Crippen molar-refractivity contribution in [3.05, 3.63) is 11.9 Å². The Labute approximate surface area is 82.0 Å². The average Bonchev–Trinajstić information content (AvgIpc) is 2.51. The summed E-state index contributed by atoms with van der Waals surface area (Å²) >= 11 is 0.933. The Kier molecular flexibility index (Phi) is 3.99. The highest BCUT2D eigenvalue weighted by Gasteiger charge is 2.15. The Morgan fingerprint density at radius 1 is 1.50 bits per heavy atom. The highest BCUT2D eigenvalue weighted by molar-refractivity contribution is 8.13. The molecule has 7 heteroatoms. The fourth-order valence-corrected chi connectivity index (χ4v) is 1.45. The number of allylic oxidation sites excluding steroid dienone is 1. The van der Waals surface area contributed by atoms with Crippen LogP contribution in [0.15, 0.2) is 16.9 Å². The van der Waals surface area contributed by atoms with E-state index in [4.69, 9.17) is 4.74 Å². The van der Waals surface area contributed by atoms with Gasteiger partial charge in [0.15, 0.2) is 12.4 Å². The van der Waals surface area contributed by atoms with Crippen molar-refractivity contribution in [3.8, 4) is 0 Å². The number of halogens is 3. The Morgan fingerprint density at radius 3 is 2.71 bits per heavy atom. The summed E-state index contributed by atoms with van der Waals surface area (Å²) in [7, 11) is 0. The van der Waals surface area contributed by atoms with Gasteiger partial charge in [0.25, 0.3) is 11.1 Å². The highest BCUT2D eigenvalue weighted by Crippen LogP contribution is 2.18. The number of carbonyl (C=O) groups excluding carboxylic acids is 1. The molecule has 0 bridgehead atoms. The van der Waals surface area contributed by atoms with Gasteiger partial charge in [-0.1, -0.05) is 11.8 Å². The van der Waals surface area contributed by atoms with Gasteiger partial charge < -0.3 is 4.74 Å². The quantitative estimate of drug-likeness (QED) is 0.738. The molecule has 1 heterocycles. The molecular weight excluding hydrogens is 219 g/mol. The van der Waals surface area contributed by atoms with Gasteiger partial charge in [-0.05, 0) is 0 Å². The summed E-state index contributed by atoms with van der Waals surface area (Å²) < 4.78 is 40.1. The van der Waals surface area contributed by atoms with E-state index in [1.54, 1.807) is 0 Å². The van der Waals surface area contributed by atoms with Crippen LogP contribution in [-0.4, -0.2) is 23.5 Å². The minimum atomic E-state index is -2.31. The number of rotatable bonds is 3. The van der Waals surface area contributed by atoms with Crippen LogP contribution in [0.1, 0.15) is 6.42 Å². The Bertz CT molecular complexity index is 299. The lowest BCUT2D eigenvalue weighted by Gasteiger charge is -1.98. The summed E-state index contributed by atoms with van der Waals surface area (Å²) in [5.74, 6) is -1.79. The topological polar surface area (TPSA) is 38.7 Å². The summed E-state index contributed by atoms with van der Waals surface area (Å²) in [6.07, 6.45) is -2.71. The van der Waals surface area contributed by atoms with Crippen LogP contribution in [-0.2, 0) is 9.53 Å². The van der Waals surface area contributed by atoms with Crippen molar-refractivity contribution >= 4 is 22.9 Å². The molecule has 0 N–H and O–H groups in total. The first-order valence-corrected chi connectivity index (χ1v) is 4.65. The summed E-state index contributed by atoms with van der Waals surface area (Å²) in [5, 5.41) is 0.113. The minimum Gasteiger partial charge on any atom is -0.463 e. The predicted octanol–water partition coefficient (Wildman–Crippen LogP) is 2.10. The van der Waals surface area contributed by atoms with E-state index in [2.05, 4.69) is 4.99 Å². The number of aliphatic imine (C=N–C) groups is 1. The molecule has 3 nitrogen and oxygen atoms in total. The van der Waals surface area contributed by atoms with E-state index in [9.17, 15) is 18.0 Å². The van der Waals surface area contributed by atoms with Crippen LogP contribution >= 0.6 is 11.8 Å². The van der Waals surface area contributed by atoms with Gasteiger partial charge in [-0.25, -0.2) is 4.39 Å². The SMILES string of the molecule is O=C1COC(SCCC(F)=C(F)F)=N1. The second-order valence-electron chi connectivity index (χ2n) is 2.32. The van der Waals surface area contributed by atoms with Gasteiger partial charge in [-0.2, -0.15) is 13.8 Å². The van der Waals surface area contributed by atoms with Crippen LogP contribution in [0.3, 0.4) is 0 Å². The molecule has 1 aliphatic heterocycles. The van der Waals surface area contributed by atoms with Crippen molar-refractivity contribution in [1.29, 1.82) is 0 Å². The van der Waals surface area contributed by atoms with Gasteiger partial charge >= 0.3 is 6.08 Å². The molecule has 0 aliphatic carbocycles. The largest absolute Gasteiger partial charge is 0.463 e. The molecule has 1 rings (SSSR count). The van der Waals surface area contributed by atoms with E-state index in [0.29, 0.717) is 0 Å². The molecule has 0 saturated carbocycles. The van der Waals surface area contributed by atoms with Crippen LogP contribution in [0.25, 0.3) is 0 Å². The summed E-state index contributed by atoms with van der Waals surface area (Å²) in [6, 6.07) is 0. The minimum absolute atomic E-state index is 0.0648. The molecule has 0 aromatic heterocycles. The maximum Gasteiger partial charge on any atom is 0.301 e. The van der Waals surface area contributed by atoms with E-state index in [1.807, 2.05) is 0 Å². The van der Waals surface area contributed by atoms with E-state index in [1.165, 1.54) is 0 Å². The van der Waals surface area contributed by atoms with Crippen LogP contribution in [0.5, 0.6) is 0 Å². The lowest BCUT2D eigenvalue weighted by molar-refractivity contribution is -0.118. The zero-order valence-electron chi connectivity index (χ0n) is 6.93. The van der Waals surface area contributed by atoms with Crippen molar-refractivity contribution in [2.75, 3.05) is 12.4 Å². The molecule has 0 aromatic carbocycles.